The second kappa shape index (κ2) is 4.33. The van der Waals surface area contributed by atoms with Gasteiger partial charge in [-0.15, -0.1) is 0 Å². The first-order valence-electron chi connectivity index (χ1n) is 5.20. The first kappa shape index (κ1) is 12.4. The SMILES string of the molecule is Cc1nn(Cc2n[nH]c(=S)n2C)c(C)c1[N+](=O)[O-]. The quantitative estimate of drug-likeness (QED) is 0.513. The highest BCUT2D eigenvalue weighted by molar-refractivity contribution is 7.71. The van der Waals surface area contributed by atoms with Gasteiger partial charge >= 0.3 is 5.69 Å². The van der Waals surface area contributed by atoms with Crippen LogP contribution in [0.15, 0.2) is 0 Å². The molecule has 0 bridgehead atoms. The molecule has 2 aromatic rings. The predicted octanol–water partition coefficient (Wildman–Crippen LogP) is 1.25. The predicted molar refractivity (Wildman–Crippen MR) is 65.9 cm³/mol. The average molecular weight is 268 g/mol. The summed E-state index contributed by atoms with van der Waals surface area (Å²) in [6, 6.07) is 0. The fourth-order valence-electron chi connectivity index (χ4n) is 1.76. The van der Waals surface area contributed by atoms with Crippen molar-refractivity contribution in [2.45, 2.75) is 20.4 Å². The van der Waals surface area contributed by atoms with Gasteiger partial charge in [0.25, 0.3) is 0 Å². The van der Waals surface area contributed by atoms with E-state index in [0.717, 1.165) is 0 Å². The minimum absolute atomic E-state index is 0.0479. The standard InChI is InChI=1S/C9H12N6O2S/c1-5-8(15(16)17)6(2)14(12-5)4-7-10-11-9(18)13(7)3/h4H2,1-3H3,(H,11,18). The number of H-pyrrole nitrogens is 1. The molecule has 0 aliphatic heterocycles. The highest BCUT2D eigenvalue weighted by atomic mass is 32.1. The number of aromatic nitrogens is 5. The normalized spacial score (nSPS) is 10.8. The van der Waals surface area contributed by atoms with Crippen LogP contribution in [-0.2, 0) is 13.6 Å². The molecule has 0 saturated carbocycles. The van der Waals surface area contributed by atoms with Gasteiger partial charge in [0, 0.05) is 7.05 Å². The van der Waals surface area contributed by atoms with E-state index in [2.05, 4.69) is 15.3 Å². The molecule has 0 fully saturated rings. The molecule has 2 aromatic heterocycles. The molecular formula is C9H12N6O2S. The van der Waals surface area contributed by atoms with Gasteiger partial charge in [-0.3, -0.25) is 19.9 Å². The summed E-state index contributed by atoms with van der Waals surface area (Å²) in [7, 11) is 1.78. The van der Waals surface area contributed by atoms with Crippen molar-refractivity contribution in [1.29, 1.82) is 0 Å². The van der Waals surface area contributed by atoms with Crippen LogP contribution in [0.25, 0.3) is 0 Å². The van der Waals surface area contributed by atoms with Gasteiger partial charge in [-0.1, -0.05) is 0 Å². The van der Waals surface area contributed by atoms with Crippen molar-refractivity contribution < 1.29 is 4.92 Å². The van der Waals surface area contributed by atoms with Gasteiger partial charge in [0.2, 0.25) is 0 Å². The number of hydrogen-bond acceptors (Lipinski definition) is 5. The Morgan fingerprint density at radius 2 is 2.17 bits per heavy atom. The smallest absolute Gasteiger partial charge is 0.306 e. The molecule has 0 atom stereocenters. The van der Waals surface area contributed by atoms with Crippen LogP contribution in [0.4, 0.5) is 5.69 Å². The van der Waals surface area contributed by atoms with Crippen molar-refractivity contribution in [2.75, 3.05) is 0 Å². The Balaban J connectivity index is 2.42. The van der Waals surface area contributed by atoms with E-state index in [-0.39, 0.29) is 5.69 Å². The Morgan fingerprint density at radius 3 is 2.61 bits per heavy atom. The number of nitrogens with zero attached hydrogens (tertiary/aromatic N) is 5. The van der Waals surface area contributed by atoms with Crippen molar-refractivity contribution in [1.82, 2.24) is 24.5 Å². The Morgan fingerprint density at radius 1 is 1.50 bits per heavy atom. The zero-order valence-corrected chi connectivity index (χ0v) is 11.0. The lowest BCUT2D eigenvalue weighted by Crippen LogP contribution is -2.09. The van der Waals surface area contributed by atoms with Crippen molar-refractivity contribution in [3.63, 3.8) is 0 Å². The van der Waals surface area contributed by atoms with Crippen molar-refractivity contribution >= 4 is 17.9 Å². The van der Waals surface area contributed by atoms with Crippen LogP contribution in [0, 0.1) is 28.7 Å². The van der Waals surface area contributed by atoms with Crippen LogP contribution >= 0.6 is 12.2 Å². The summed E-state index contributed by atoms with van der Waals surface area (Å²) in [5.74, 6) is 0.667. The highest BCUT2D eigenvalue weighted by Gasteiger charge is 2.22. The average Bonchev–Trinajstić information content (AvgIpc) is 2.73. The molecule has 0 amide bonds. The van der Waals surface area contributed by atoms with E-state index >= 15 is 0 Å². The van der Waals surface area contributed by atoms with Gasteiger partial charge in [0.1, 0.15) is 17.9 Å². The topological polar surface area (TPSA) is 94.6 Å². The van der Waals surface area contributed by atoms with Crippen molar-refractivity contribution in [3.8, 4) is 0 Å². The van der Waals surface area contributed by atoms with Gasteiger partial charge in [0.05, 0.1) is 4.92 Å². The third-order valence-electron chi connectivity index (χ3n) is 2.79. The number of nitrogens with one attached hydrogen (secondary N) is 1. The van der Waals surface area contributed by atoms with E-state index < -0.39 is 4.92 Å². The summed E-state index contributed by atoms with van der Waals surface area (Å²) in [4.78, 5) is 10.5. The lowest BCUT2D eigenvalue weighted by Gasteiger charge is -2.02. The highest BCUT2D eigenvalue weighted by Crippen LogP contribution is 2.22. The molecule has 2 heterocycles. The molecule has 0 radical (unpaired) electrons. The molecule has 0 unspecified atom stereocenters. The number of aromatic amines is 1. The maximum atomic E-state index is 10.9. The van der Waals surface area contributed by atoms with E-state index in [0.29, 0.717) is 28.5 Å². The number of nitro groups is 1. The summed E-state index contributed by atoms with van der Waals surface area (Å²) in [6.07, 6.45) is 0. The van der Waals surface area contributed by atoms with Crippen molar-refractivity contribution in [2.24, 2.45) is 7.05 Å². The molecule has 2 rings (SSSR count). The second-order valence-electron chi connectivity index (χ2n) is 3.94. The van der Waals surface area contributed by atoms with Gasteiger partial charge in [-0.25, -0.2) is 0 Å². The van der Waals surface area contributed by atoms with Crippen LogP contribution < -0.4 is 0 Å². The fraction of sp³-hybridized carbons (Fsp3) is 0.444. The molecule has 1 N–H and O–H groups in total. The number of aryl methyl sites for hydroxylation is 1. The minimum Gasteiger partial charge on any atom is -0.306 e. The minimum atomic E-state index is -0.419. The molecule has 8 nitrogen and oxygen atoms in total. The Kier molecular flexibility index (Phi) is 2.99. The van der Waals surface area contributed by atoms with Crippen LogP contribution in [0.5, 0.6) is 0 Å². The number of hydrogen-bond donors (Lipinski definition) is 1. The second-order valence-corrected chi connectivity index (χ2v) is 4.32. The molecule has 0 spiro atoms. The summed E-state index contributed by atoms with van der Waals surface area (Å²) in [5.41, 5.74) is 0.951. The third kappa shape index (κ3) is 1.92. The summed E-state index contributed by atoms with van der Waals surface area (Å²) < 4.78 is 3.76. The maximum absolute atomic E-state index is 10.9. The zero-order valence-electron chi connectivity index (χ0n) is 10.2. The van der Waals surface area contributed by atoms with Gasteiger partial charge in [-0.2, -0.15) is 10.2 Å². The number of rotatable bonds is 3. The summed E-state index contributed by atoms with van der Waals surface area (Å²) >= 11 is 5.00. The van der Waals surface area contributed by atoms with Gasteiger partial charge in [0.15, 0.2) is 10.6 Å². The fourth-order valence-corrected chi connectivity index (χ4v) is 1.91. The van der Waals surface area contributed by atoms with Crippen molar-refractivity contribution in [3.05, 3.63) is 32.1 Å². The van der Waals surface area contributed by atoms with E-state index in [9.17, 15) is 10.1 Å². The molecule has 0 aliphatic rings. The molecule has 0 saturated heterocycles. The molecule has 18 heavy (non-hydrogen) atoms. The Hall–Kier alpha value is -2.03. The van der Waals surface area contributed by atoms with E-state index in [4.69, 9.17) is 12.2 Å². The van der Waals surface area contributed by atoms with Gasteiger partial charge < -0.3 is 4.57 Å². The molecule has 0 aliphatic carbocycles. The summed E-state index contributed by atoms with van der Waals surface area (Å²) in [5, 5.41) is 21.8. The lowest BCUT2D eigenvalue weighted by molar-refractivity contribution is -0.386. The lowest BCUT2D eigenvalue weighted by atomic mass is 10.3. The first-order valence-corrected chi connectivity index (χ1v) is 5.61. The monoisotopic (exact) mass is 268 g/mol. The van der Waals surface area contributed by atoms with E-state index in [1.54, 1.807) is 30.1 Å². The molecule has 0 aromatic carbocycles. The largest absolute Gasteiger partial charge is 0.312 e. The maximum Gasteiger partial charge on any atom is 0.312 e. The third-order valence-corrected chi connectivity index (χ3v) is 3.15. The van der Waals surface area contributed by atoms with Crippen LogP contribution in [0.2, 0.25) is 0 Å². The first-order chi connectivity index (χ1) is 8.41. The summed E-state index contributed by atoms with van der Waals surface area (Å²) in [6.45, 7) is 3.62. The molecule has 96 valence electrons. The van der Waals surface area contributed by atoms with Crippen LogP contribution in [-0.4, -0.2) is 29.5 Å². The van der Waals surface area contributed by atoms with E-state index in [1.807, 2.05) is 0 Å². The van der Waals surface area contributed by atoms with Crippen LogP contribution in [0.3, 0.4) is 0 Å². The Labute approximate surface area is 107 Å². The molecule has 9 heteroatoms. The molecular weight excluding hydrogens is 256 g/mol. The van der Waals surface area contributed by atoms with E-state index in [1.165, 1.54) is 0 Å². The van der Waals surface area contributed by atoms with Crippen LogP contribution in [0.1, 0.15) is 17.2 Å². The Bertz CT molecular complexity index is 667. The zero-order chi connectivity index (χ0) is 13.4. The van der Waals surface area contributed by atoms with Gasteiger partial charge in [-0.05, 0) is 26.1 Å².